The molecule has 0 aromatic carbocycles. The number of hydrogen-bond acceptors (Lipinski definition) is 3. The largest absolute Gasteiger partial charge is 0.325 e. The Morgan fingerprint density at radius 1 is 1.44 bits per heavy atom. The van der Waals surface area contributed by atoms with E-state index >= 15 is 0 Å². The van der Waals surface area contributed by atoms with Crippen LogP contribution in [0.5, 0.6) is 0 Å². The predicted octanol–water partition coefficient (Wildman–Crippen LogP) is 2.40. The van der Waals surface area contributed by atoms with Gasteiger partial charge < -0.3 is 5.32 Å². The number of aromatic nitrogens is 3. The quantitative estimate of drug-likeness (QED) is 0.878. The summed E-state index contributed by atoms with van der Waals surface area (Å²) in [6.45, 7) is 2.06. The summed E-state index contributed by atoms with van der Waals surface area (Å²) in [6.07, 6.45) is 9.34. The Balaban J connectivity index is 1.98. The van der Waals surface area contributed by atoms with Crippen molar-refractivity contribution in [2.24, 2.45) is 0 Å². The van der Waals surface area contributed by atoms with Gasteiger partial charge in [-0.1, -0.05) is 13.3 Å². The van der Waals surface area contributed by atoms with Gasteiger partial charge in [-0.15, -0.1) is 0 Å². The van der Waals surface area contributed by atoms with E-state index in [1.165, 1.54) is 0 Å². The van der Waals surface area contributed by atoms with Crippen LogP contribution in [-0.4, -0.2) is 20.4 Å². The number of anilines is 1. The van der Waals surface area contributed by atoms with Gasteiger partial charge in [0.1, 0.15) is 12.1 Å². The first-order chi connectivity index (χ1) is 8.79. The zero-order valence-corrected chi connectivity index (χ0v) is 10.3. The molecular formula is C13H16N4O. The smallest absolute Gasteiger partial charge is 0.224 e. The number of imidazole rings is 1. The fraction of sp³-hybridized carbons (Fsp3) is 0.308. The molecule has 5 heteroatoms. The molecule has 2 aromatic heterocycles. The first-order valence-corrected chi connectivity index (χ1v) is 6.04. The normalized spacial score (nSPS) is 10.3. The lowest BCUT2D eigenvalue weighted by molar-refractivity contribution is -0.116. The van der Waals surface area contributed by atoms with Crippen LogP contribution < -0.4 is 5.32 Å². The van der Waals surface area contributed by atoms with Gasteiger partial charge >= 0.3 is 0 Å². The zero-order chi connectivity index (χ0) is 12.8. The minimum atomic E-state index is 0.0361. The minimum absolute atomic E-state index is 0.0361. The molecule has 2 aromatic rings. The van der Waals surface area contributed by atoms with Crippen molar-refractivity contribution in [1.29, 1.82) is 0 Å². The molecule has 94 valence electrons. The molecule has 0 unspecified atom stereocenters. The van der Waals surface area contributed by atoms with E-state index in [-0.39, 0.29) is 5.91 Å². The molecule has 1 amide bonds. The number of hydrogen-bond donors (Lipinski definition) is 1. The first-order valence-electron chi connectivity index (χ1n) is 6.04. The van der Waals surface area contributed by atoms with Crippen LogP contribution in [0.1, 0.15) is 26.2 Å². The first kappa shape index (κ1) is 12.3. The van der Waals surface area contributed by atoms with Crippen molar-refractivity contribution in [2.45, 2.75) is 26.2 Å². The molecule has 5 nitrogen and oxygen atoms in total. The second kappa shape index (κ2) is 5.95. The van der Waals surface area contributed by atoms with Crippen molar-refractivity contribution in [3.63, 3.8) is 0 Å². The molecule has 0 aliphatic heterocycles. The van der Waals surface area contributed by atoms with Crippen molar-refractivity contribution in [1.82, 2.24) is 14.5 Å². The maximum atomic E-state index is 11.5. The van der Waals surface area contributed by atoms with E-state index in [2.05, 4.69) is 22.2 Å². The molecule has 0 aliphatic rings. The molecule has 0 radical (unpaired) electrons. The van der Waals surface area contributed by atoms with Crippen molar-refractivity contribution in [2.75, 3.05) is 5.32 Å². The molecule has 18 heavy (non-hydrogen) atoms. The highest BCUT2D eigenvalue weighted by atomic mass is 16.1. The second-order valence-corrected chi connectivity index (χ2v) is 4.03. The number of unbranched alkanes of at least 4 members (excludes halogenated alkanes) is 1. The molecular weight excluding hydrogens is 228 g/mol. The summed E-state index contributed by atoms with van der Waals surface area (Å²) in [7, 11) is 0. The predicted molar refractivity (Wildman–Crippen MR) is 69.5 cm³/mol. The Kier molecular flexibility index (Phi) is 4.06. The summed E-state index contributed by atoms with van der Waals surface area (Å²) < 4.78 is 1.81. The van der Waals surface area contributed by atoms with E-state index in [4.69, 9.17) is 0 Å². The summed E-state index contributed by atoms with van der Waals surface area (Å²) in [5, 5.41) is 2.82. The van der Waals surface area contributed by atoms with E-state index in [1.54, 1.807) is 18.7 Å². The van der Waals surface area contributed by atoms with Crippen LogP contribution in [0.15, 0.2) is 37.1 Å². The van der Waals surface area contributed by atoms with Gasteiger partial charge in [-0.2, -0.15) is 0 Å². The van der Waals surface area contributed by atoms with E-state index in [0.29, 0.717) is 6.42 Å². The zero-order valence-electron chi connectivity index (χ0n) is 10.3. The fourth-order valence-electron chi connectivity index (χ4n) is 1.57. The van der Waals surface area contributed by atoms with Gasteiger partial charge in [-0.25, -0.2) is 9.97 Å². The maximum absolute atomic E-state index is 11.5. The van der Waals surface area contributed by atoms with Crippen LogP contribution in [0.3, 0.4) is 0 Å². The van der Waals surface area contributed by atoms with Gasteiger partial charge in [0.2, 0.25) is 5.91 Å². The number of rotatable bonds is 5. The third-order valence-electron chi connectivity index (χ3n) is 2.56. The van der Waals surface area contributed by atoms with E-state index in [1.807, 2.05) is 22.9 Å². The second-order valence-electron chi connectivity index (χ2n) is 4.03. The Morgan fingerprint density at radius 3 is 2.94 bits per heavy atom. The van der Waals surface area contributed by atoms with Crippen LogP contribution >= 0.6 is 0 Å². The lowest BCUT2D eigenvalue weighted by atomic mass is 10.2. The monoisotopic (exact) mass is 244 g/mol. The van der Waals surface area contributed by atoms with Gasteiger partial charge in [0.15, 0.2) is 0 Å². The Hall–Kier alpha value is -2.17. The van der Waals surface area contributed by atoms with E-state index in [0.717, 1.165) is 24.3 Å². The van der Waals surface area contributed by atoms with Crippen LogP contribution in [-0.2, 0) is 4.79 Å². The Labute approximate surface area is 106 Å². The third kappa shape index (κ3) is 3.16. The molecule has 2 rings (SSSR count). The number of carbonyl (C=O) groups is 1. The average Bonchev–Trinajstić information content (AvgIpc) is 2.91. The highest BCUT2D eigenvalue weighted by Crippen LogP contribution is 2.10. The maximum Gasteiger partial charge on any atom is 0.224 e. The number of carbonyl (C=O) groups excluding carboxylic acids is 1. The molecule has 0 atom stereocenters. The molecule has 0 saturated carbocycles. The number of nitrogens with one attached hydrogen (secondary N) is 1. The third-order valence-corrected chi connectivity index (χ3v) is 2.56. The lowest BCUT2D eigenvalue weighted by Crippen LogP contribution is -2.11. The summed E-state index contributed by atoms with van der Waals surface area (Å²) in [6, 6.07) is 3.68. The SMILES string of the molecule is CCCCC(=O)Nc1ccc(-n2ccnc2)nc1. The number of amides is 1. The Bertz CT molecular complexity index is 490. The summed E-state index contributed by atoms with van der Waals surface area (Å²) in [5.74, 6) is 0.813. The fourth-order valence-corrected chi connectivity index (χ4v) is 1.57. The highest BCUT2D eigenvalue weighted by Gasteiger charge is 2.02. The van der Waals surface area contributed by atoms with Crippen molar-refractivity contribution in [3.8, 4) is 5.82 Å². The van der Waals surface area contributed by atoms with Crippen LogP contribution in [0, 0.1) is 0 Å². The summed E-state index contributed by atoms with van der Waals surface area (Å²) >= 11 is 0. The van der Waals surface area contributed by atoms with E-state index in [9.17, 15) is 4.79 Å². The lowest BCUT2D eigenvalue weighted by Gasteiger charge is -2.05. The molecule has 0 aliphatic carbocycles. The molecule has 2 heterocycles. The molecule has 1 N–H and O–H groups in total. The van der Waals surface area contributed by atoms with Crippen molar-refractivity contribution < 1.29 is 4.79 Å². The molecule has 0 bridgehead atoms. The standard InChI is InChI=1S/C13H16N4O/c1-2-3-4-13(18)16-11-5-6-12(15-9-11)17-8-7-14-10-17/h5-10H,2-4H2,1H3,(H,16,18). The van der Waals surface area contributed by atoms with Crippen molar-refractivity contribution in [3.05, 3.63) is 37.1 Å². The van der Waals surface area contributed by atoms with Crippen LogP contribution in [0.2, 0.25) is 0 Å². The van der Waals surface area contributed by atoms with Gasteiger partial charge in [0.05, 0.1) is 11.9 Å². The summed E-state index contributed by atoms with van der Waals surface area (Å²) in [4.78, 5) is 19.7. The van der Waals surface area contributed by atoms with Gasteiger partial charge in [0, 0.05) is 18.8 Å². The molecule has 0 saturated heterocycles. The van der Waals surface area contributed by atoms with Crippen LogP contribution in [0.4, 0.5) is 5.69 Å². The minimum Gasteiger partial charge on any atom is -0.325 e. The number of pyridine rings is 1. The topological polar surface area (TPSA) is 59.8 Å². The highest BCUT2D eigenvalue weighted by molar-refractivity contribution is 5.90. The number of nitrogens with zero attached hydrogens (tertiary/aromatic N) is 3. The van der Waals surface area contributed by atoms with Gasteiger partial charge in [-0.3, -0.25) is 9.36 Å². The average molecular weight is 244 g/mol. The van der Waals surface area contributed by atoms with E-state index < -0.39 is 0 Å². The van der Waals surface area contributed by atoms with Gasteiger partial charge in [-0.05, 0) is 18.6 Å². The summed E-state index contributed by atoms with van der Waals surface area (Å²) in [5.41, 5.74) is 0.722. The Morgan fingerprint density at radius 2 is 2.33 bits per heavy atom. The van der Waals surface area contributed by atoms with Gasteiger partial charge in [0.25, 0.3) is 0 Å². The van der Waals surface area contributed by atoms with Crippen molar-refractivity contribution >= 4 is 11.6 Å². The van der Waals surface area contributed by atoms with Crippen LogP contribution in [0.25, 0.3) is 5.82 Å². The molecule has 0 spiro atoms. The molecule has 0 fully saturated rings.